The number of carboxylic acids is 1. The first-order chi connectivity index (χ1) is 9.54. The monoisotopic (exact) mass is 315 g/mol. The van der Waals surface area contributed by atoms with Gasteiger partial charge in [0.2, 0.25) is 0 Å². The maximum absolute atomic E-state index is 13.2. The molecule has 2 saturated heterocycles. The number of aliphatic carboxylic acids is 1. The van der Waals surface area contributed by atoms with Crippen molar-refractivity contribution >= 4 is 11.9 Å². The van der Waals surface area contributed by atoms with Crippen LogP contribution in [0.3, 0.4) is 0 Å². The number of alkyl halides is 5. The summed E-state index contributed by atoms with van der Waals surface area (Å²) in [7, 11) is 0. The van der Waals surface area contributed by atoms with Crippen molar-refractivity contribution in [1.29, 1.82) is 0 Å². The normalized spacial score (nSPS) is 29.6. The van der Waals surface area contributed by atoms with E-state index in [0.29, 0.717) is 17.7 Å². The molecule has 0 aromatic carbocycles. The molecule has 1 amide bonds. The Morgan fingerprint density at radius 2 is 1.52 bits per heavy atom. The molecular weight excluding hydrogens is 301 g/mol. The van der Waals surface area contributed by atoms with Crippen molar-refractivity contribution in [3.8, 4) is 0 Å². The number of piperidine rings is 1. The molecule has 9 heteroatoms. The topological polar surface area (TPSA) is 57.6 Å². The molecular formula is C12H14F5NO3. The van der Waals surface area contributed by atoms with E-state index in [2.05, 4.69) is 0 Å². The summed E-state index contributed by atoms with van der Waals surface area (Å²) in [5.74, 6) is -8.94. The molecule has 2 atom stereocenters. The van der Waals surface area contributed by atoms with Gasteiger partial charge in [-0.25, -0.2) is 0 Å². The molecule has 2 heterocycles. The van der Waals surface area contributed by atoms with Crippen molar-refractivity contribution < 1.29 is 36.6 Å². The third kappa shape index (κ3) is 2.82. The minimum atomic E-state index is -5.92. The van der Waals surface area contributed by atoms with Crippen LogP contribution in [-0.4, -0.2) is 46.1 Å². The molecule has 2 unspecified atom stereocenters. The van der Waals surface area contributed by atoms with Crippen LogP contribution in [0, 0.1) is 5.92 Å². The Morgan fingerprint density at radius 3 is 1.90 bits per heavy atom. The summed E-state index contributed by atoms with van der Waals surface area (Å²) in [4.78, 5) is 22.9. The van der Waals surface area contributed by atoms with Crippen LogP contribution in [0.2, 0.25) is 0 Å². The van der Waals surface area contributed by atoms with Crippen LogP contribution in [0.5, 0.6) is 0 Å². The number of nitrogens with zero attached hydrogens (tertiary/aromatic N) is 1. The van der Waals surface area contributed by atoms with Crippen molar-refractivity contribution in [3.63, 3.8) is 0 Å². The average Bonchev–Trinajstić information content (AvgIpc) is 2.57. The first-order valence-electron chi connectivity index (χ1n) is 6.53. The quantitative estimate of drug-likeness (QED) is 0.814. The van der Waals surface area contributed by atoms with Crippen LogP contribution in [0.1, 0.15) is 32.1 Å². The van der Waals surface area contributed by atoms with Gasteiger partial charge in [0.1, 0.15) is 0 Å². The van der Waals surface area contributed by atoms with Crippen molar-refractivity contribution in [2.45, 2.75) is 56.3 Å². The number of carbonyl (C=O) groups excluding carboxylic acids is 1. The highest BCUT2D eigenvalue weighted by atomic mass is 19.4. The lowest BCUT2D eigenvalue weighted by molar-refractivity contribution is -0.276. The molecule has 2 fully saturated rings. The molecule has 0 saturated carbocycles. The minimum Gasteiger partial charge on any atom is -0.481 e. The number of rotatable bonds is 3. The number of amides is 1. The predicted molar refractivity (Wildman–Crippen MR) is 59.6 cm³/mol. The van der Waals surface area contributed by atoms with Gasteiger partial charge in [0.05, 0.1) is 0 Å². The Morgan fingerprint density at radius 1 is 1.05 bits per heavy atom. The van der Waals surface area contributed by atoms with E-state index in [-0.39, 0.29) is 25.2 Å². The van der Waals surface area contributed by atoms with Crippen molar-refractivity contribution in [2.24, 2.45) is 5.92 Å². The Bertz CT molecular complexity index is 437. The van der Waals surface area contributed by atoms with E-state index >= 15 is 0 Å². The van der Waals surface area contributed by atoms with Crippen LogP contribution >= 0.6 is 0 Å². The molecule has 120 valence electrons. The highest BCUT2D eigenvalue weighted by Crippen LogP contribution is 2.44. The zero-order valence-electron chi connectivity index (χ0n) is 10.9. The smallest absolute Gasteiger partial charge is 0.463 e. The average molecular weight is 315 g/mol. The molecule has 0 aromatic rings. The summed E-state index contributed by atoms with van der Waals surface area (Å²) >= 11 is 0. The number of hydrogen-bond donors (Lipinski definition) is 1. The fourth-order valence-electron chi connectivity index (χ4n) is 3.32. The Balaban J connectivity index is 2.13. The highest BCUT2D eigenvalue weighted by Gasteiger charge is 2.66. The fraction of sp³-hybridized carbons (Fsp3) is 0.833. The number of halogens is 5. The molecule has 0 aliphatic carbocycles. The maximum atomic E-state index is 13.2. The van der Waals surface area contributed by atoms with Crippen molar-refractivity contribution in [3.05, 3.63) is 0 Å². The summed E-state index contributed by atoms with van der Waals surface area (Å²) in [6, 6.07) is -1.46. The van der Waals surface area contributed by atoms with E-state index in [1.54, 1.807) is 0 Å². The van der Waals surface area contributed by atoms with E-state index in [1.165, 1.54) is 0 Å². The molecule has 2 aliphatic rings. The summed E-state index contributed by atoms with van der Waals surface area (Å²) in [6.45, 7) is 0. The van der Waals surface area contributed by atoms with Gasteiger partial charge in [0, 0.05) is 18.5 Å². The fourth-order valence-corrected chi connectivity index (χ4v) is 3.32. The van der Waals surface area contributed by atoms with E-state index in [4.69, 9.17) is 5.11 Å². The number of hydrogen-bond acceptors (Lipinski definition) is 2. The summed E-state index contributed by atoms with van der Waals surface area (Å²) in [5, 5.41) is 8.72. The molecule has 4 nitrogen and oxygen atoms in total. The number of fused-ring (bicyclic) bond motifs is 2. The van der Waals surface area contributed by atoms with Gasteiger partial charge in [0.15, 0.2) is 0 Å². The van der Waals surface area contributed by atoms with E-state index in [1.807, 2.05) is 0 Å². The predicted octanol–water partition coefficient (Wildman–Crippen LogP) is 2.43. The van der Waals surface area contributed by atoms with E-state index in [9.17, 15) is 31.5 Å². The minimum absolute atomic E-state index is 0.155. The molecule has 0 aromatic heterocycles. The lowest BCUT2D eigenvalue weighted by atomic mass is 9.88. The van der Waals surface area contributed by atoms with Gasteiger partial charge < -0.3 is 10.0 Å². The third-order valence-corrected chi connectivity index (χ3v) is 4.15. The molecule has 2 bridgehead atoms. The molecule has 0 spiro atoms. The van der Waals surface area contributed by atoms with E-state index < -0.39 is 36.1 Å². The van der Waals surface area contributed by atoms with Crippen LogP contribution in [-0.2, 0) is 9.59 Å². The highest BCUT2D eigenvalue weighted by molar-refractivity contribution is 5.85. The van der Waals surface area contributed by atoms with Crippen molar-refractivity contribution in [1.82, 2.24) is 4.90 Å². The maximum Gasteiger partial charge on any atom is 0.463 e. The van der Waals surface area contributed by atoms with Gasteiger partial charge in [-0.05, 0) is 31.6 Å². The third-order valence-electron chi connectivity index (χ3n) is 4.15. The molecule has 21 heavy (non-hydrogen) atoms. The zero-order valence-corrected chi connectivity index (χ0v) is 10.9. The summed E-state index contributed by atoms with van der Waals surface area (Å²) in [6.07, 6.45) is -5.10. The molecule has 2 rings (SSSR count). The van der Waals surface area contributed by atoms with Crippen LogP contribution in [0.15, 0.2) is 0 Å². The van der Waals surface area contributed by atoms with Gasteiger partial charge in [-0.2, -0.15) is 22.0 Å². The van der Waals surface area contributed by atoms with Gasteiger partial charge in [0.25, 0.3) is 0 Å². The van der Waals surface area contributed by atoms with Gasteiger partial charge >= 0.3 is 24.0 Å². The number of carbonyl (C=O) groups is 2. The standard InChI is InChI=1S/C12H14F5NO3/c13-11(14,12(15,16)17)10(21)18-7-1-2-8(18)4-6(3-7)5-9(19)20/h6-8H,1-5H2,(H,19,20). The largest absolute Gasteiger partial charge is 0.481 e. The first kappa shape index (κ1) is 16.0. The second-order valence-electron chi connectivity index (χ2n) is 5.60. The van der Waals surface area contributed by atoms with Gasteiger partial charge in [-0.15, -0.1) is 0 Å². The molecule has 0 radical (unpaired) electrons. The second-order valence-corrected chi connectivity index (χ2v) is 5.60. The van der Waals surface area contributed by atoms with Gasteiger partial charge in [-0.1, -0.05) is 0 Å². The Labute approximate surface area is 116 Å². The lowest BCUT2D eigenvalue weighted by Crippen LogP contribution is -2.57. The summed E-state index contributed by atoms with van der Waals surface area (Å²) in [5.41, 5.74) is 0. The molecule has 1 N–H and O–H groups in total. The van der Waals surface area contributed by atoms with Crippen LogP contribution in [0.4, 0.5) is 22.0 Å². The SMILES string of the molecule is O=C(O)CC1CC2CCC(C1)N2C(=O)C(F)(F)C(F)(F)F. The second kappa shape index (κ2) is 5.10. The Hall–Kier alpha value is -1.41. The van der Waals surface area contributed by atoms with Crippen LogP contribution < -0.4 is 0 Å². The lowest BCUT2D eigenvalue weighted by Gasteiger charge is -2.40. The van der Waals surface area contributed by atoms with Crippen molar-refractivity contribution in [2.75, 3.05) is 0 Å². The summed E-state index contributed by atoms with van der Waals surface area (Å²) < 4.78 is 63.2. The zero-order chi connectivity index (χ0) is 16.0. The van der Waals surface area contributed by atoms with Gasteiger partial charge in [-0.3, -0.25) is 9.59 Å². The molecule has 2 aliphatic heterocycles. The Kier molecular flexibility index (Phi) is 3.88. The first-order valence-corrected chi connectivity index (χ1v) is 6.53. The van der Waals surface area contributed by atoms with Crippen LogP contribution in [0.25, 0.3) is 0 Å². The van der Waals surface area contributed by atoms with E-state index in [0.717, 1.165) is 0 Å². The number of carboxylic acid groups (broad SMARTS) is 1.